The minimum Gasteiger partial charge on any atom is -0.393 e. The fourth-order valence-electron chi connectivity index (χ4n) is 2.09. The predicted octanol–water partition coefficient (Wildman–Crippen LogP) is -2.13. The van der Waals surface area contributed by atoms with E-state index >= 15 is 0 Å². The second-order valence-corrected chi connectivity index (χ2v) is 4.45. The molecular weight excluding hydrogens is 275 g/mol. The SMILES string of the molecule is O=C(N[C@H]1[C@H]2OC[C@](CO)(O2)[C@H](O)[C@@H]1O)C(F)(F)F. The molecule has 2 saturated heterocycles. The van der Waals surface area contributed by atoms with Gasteiger partial charge in [-0.1, -0.05) is 0 Å². The third-order valence-corrected chi connectivity index (χ3v) is 3.19. The summed E-state index contributed by atoms with van der Waals surface area (Å²) in [5.74, 6) is -2.28. The third kappa shape index (κ3) is 2.30. The fourth-order valence-corrected chi connectivity index (χ4v) is 2.09. The third-order valence-electron chi connectivity index (χ3n) is 3.19. The van der Waals surface area contributed by atoms with Crippen LogP contribution in [-0.4, -0.2) is 70.8 Å². The van der Waals surface area contributed by atoms with Crippen LogP contribution in [0.5, 0.6) is 0 Å². The van der Waals surface area contributed by atoms with Crippen molar-refractivity contribution in [3.05, 3.63) is 0 Å². The lowest BCUT2D eigenvalue weighted by atomic mass is 9.88. The van der Waals surface area contributed by atoms with Crippen LogP contribution in [0, 0.1) is 0 Å². The highest BCUT2D eigenvalue weighted by Crippen LogP contribution is 2.36. The van der Waals surface area contributed by atoms with Crippen LogP contribution < -0.4 is 5.32 Å². The van der Waals surface area contributed by atoms with E-state index in [1.54, 1.807) is 0 Å². The maximum Gasteiger partial charge on any atom is 0.471 e. The van der Waals surface area contributed by atoms with Gasteiger partial charge in [-0.05, 0) is 0 Å². The van der Waals surface area contributed by atoms with Gasteiger partial charge in [0.1, 0.15) is 23.9 Å². The van der Waals surface area contributed by atoms with Crippen LogP contribution in [0.3, 0.4) is 0 Å². The van der Waals surface area contributed by atoms with E-state index in [1.807, 2.05) is 0 Å². The van der Waals surface area contributed by atoms with Crippen LogP contribution in [0.25, 0.3) is 0 Å². The largest absolute Gasteiger partial charge is 0.471 e. The van der Waals surface area contributed by atoms with Gasteiger partial charge in [-0.2, -0.15) is 13.2 Å². The van der Waals surface area contributed by atoms with Crippen LogP contribution in [0.2, 0.25) is 0 Å². The van der Waals surface area contributed by atoms with Gasteiger partial charge < -0.3 is 30.1 Å². The van der Waals surface area contributed by atoms with E-state index in [4.69, 9.17) is 14.6 Å². The Morgan fingerprint density at radius 3 is 2.58 bits per heavy atom. The number of carbonyl (C=O) groups excluding carboxylic acids is 1. The monoisotopic (exact) mass is 287 g/mol. The van der Waals surface area contributed by atoms with Crippen molar-refractivity contribution < 1.29 is 42.8 Å². The van der Waals surface area contributed by atoms with Crippen LogP contribution in [0.15, 0.2) is 0 Å². The number of hydrogen-bond donors (Lipinski definition) is 4. The van der Waals surface area contributed by atoms with Gasteiger partial charge in [0.2, 0.25) is 0 Å². The van der Waals surface area contributed by atoms with Gasteiger partial charge in [-0.25, -0.2) is 0 Å². The van der Waals surface area contributed by atoms with Crippen LogP contribution in [-0.2, 0) is 14.3 Å². The Morgan fingerprint density at radius 2 is 2.05 bits per heavy atom. The van der Waals surface area contributed by atoms with Crippen molar-refractivity contribution in [1.29, 1.82) is 0 Å². The lowest BCUT2D eigenvalue weighted by Gasteiger charge is -2.41. The molecule has 2 fully saturated rings. The maximum atomic E-state index is 12.1. The molecule has 19 heavy (non-hydrogen) atoms. The first-order valence-electron chi connectivity index (χ1n) is 5.35. The van der Waals surface area contributed by atoms with Crippen LogP contribution >= 0.6 is 0 Å². The van der Waals surface area contributed by atoms with Gasteiger partial charge in [0.05, 0.1) is 13.2 Å². The maximum absolute atomic E-state index is 12.1. The Labute approximate surface area is 104 Å². The van der Waals surface area contributed by atoms with E-state index in [0.29, 0.717) is 0 Å². The van der Waals surface area contributed by atoms with Gasteiger partial charge in [-0.3, -0.25) is 4.79 Å². The quantitative estimate of drug-likeness (QED) is 0.462. The molecule has 2 aliphatic rings. The topological polar surface area (TPSA) is 108 Å². The molecule has 7 nitrogen and oxygen atoms in total. The van der Waals surface area contributed by atoms with Crippen molar-refractivity contribution in [2.75, 3.05) is 13.2 Å². The summed E-state index contributed by atoms with van der Waals surface area (Å²) >= 11 is 0. The Morgan fingerprint density at radius 1 is 1.42 bits per heavy atom. The standard InChI is InChI=1S/C9H12F3NO6/c10-9(11,12)7(17)13-3-4(15)5(16)8(1-14)2-18-6(3)19-8/h3-6,14-16H,1-2H2,(H,13,17)/t3-,4-,5-,6+,8+/m1/s1. The number of nitrogens with one attached hydrogen (secondary N) is 1. The van der Waals surface area contributed by atoms with Gasteiger partial charge in [0.15, 0.2) is 6.29 Å². The summed E-state index contributed by atoms with van der Waals surface area (Å²) in [4.78, 5) is 10.8. The summed E-state index contributed by atoms with van der Waals surface area (Å²) in [7, 11) is 0. The summed E-state index contributed by atoms with van der Waals surface area (Å²) in [5.41, 5.74) is -1.58. The molecule has 0 aliphatic carbocycles. The number of alkyl halides is 3. The molecule has 2 heterocycles. The highest BCUT2D eigenvalue weighted by molar-refractivity contribution is 5.82. The summed E-state index contributed by atoms with van der Waals surface area (Å²) < 4.78 is 46.4. The number of amides is 1. The smallest absolute Gasteiger partial charge is 0.393 e. The van der Waals surface area contributed by atoms with E-state index in [0.717, 1.165) is 0 Å². The number of hydrogen-bond acceptors (Lipinski definition) is 6. The molecule has 2 aliphatic heterocycles. The fraction of sp³-hybridized carbons (Fsp3) is 0.889. The second-order valence-electron chi connectivity index (χ2n) is 4.45. The first kappa shape index (κ1) is 14.5. The molecule has 0 spiro atoms. The molecule has 1 amide bonds. The summed E-state index contributed by atoms with van der Waals surface area (Å²) in [6.07, 6.45) is -9.93. The number of aliphatic hydroxyl groups is 3. The molecule has 4 N–H and O–H groups in total. The van der Waals surface area contributed by atoms with E-state index in [9.17, 15) is 28.2 Å². The highest BCUT2D eigenvalue weighted by Gasteiger charge is 2.60. The number of halogens is 3. The normalized spacial score (nSPS) is 42.2. The number of rotatable bonds is 2. The molecule has 110 valence electrons. The van der Waals surface area contributed by atoms with E-state index in [-0.39, 0.29) is 6.61 Å². The van der Waals surface area contributed by atoms with Gasteiger partial charge in [0, 0.05) is 0 Å². The van der Waals surface area contributed by atoms with Crippen molar-refractivity contribution in [2.24, 2.45) is 0 Å². The Balaban J connectivity index is 2.14. The minimum atomic E-state index is -5.13. The van der Waals surface area contributed by atoms with Crippen molar-refractivity contribution in [2.45, 2.75) is 36.3 Å². The van der Waals surface area contributed by atoms with Gasteiger partial charge >= 0.3 is 12.1 Å². The molecule has 0 aromatic heterocycles. The first-order chi connectivity index (χ1) is 8.71. The first-order valence-corrected chi connectivity index (χ1v) is 5.35. The second kappa shape index (κ2) is 4.56. The van der Waals surface area contributed by atoms with Crippen molar-refractivity contribution in [1.82, 2.24) is 5.32 Å². The zero-order valence-corrected chi connectivity index (χ0v) is 9.42. The lowest BCUT2D eigenvalue weighted by molar-refractivity contribution is -0.236. The zero-order valence-electron chi connectivity index (χ0n) is 9.42. The summed E-state index contributed by atoms with van der Waals surface area (Å²) in [6.45, 7) is -0.980. The zero-order chi connectivity index (χ0) is 14.4. The van der Waals surface area contributed by atoms with Crippen molar-refractivity contribution >= 4 is 5.91 Å². The van der Waals surface area contributed by atoms with Gasteiger partial charge in [-0.15, -0.1) is 0 Å². The van der Waals surface area contributed by atoms with Crippen LogP contribution in [0.1, 0.15) is 0 Å². The van der Waals surface area contributed by atoms with E-state index in [1.165, 1.54) is 5.32 Å². The Bertz CT molecular complexity index is 377. The minimum absolute atomic E-state index is 0.301. The van der Waals surface area contributed by atoms with Crippen molar-refractivity contribution in [3.63, 3.8) is 0 Å². The molecule has 0 aromatic carbocycles. The van der Waals surface area contributed by atoms with Crippen LogP contribution in [0.4, 0.5) is 13.2 Å². The summed E-state index contributed by atoms with van der Waals surface area (Å²) in [5, 5.41) is 30.1. The molecule has 2 bridgehead atoms. The number of aliphatic hydroxyl groups excluding tert-OH is 3. The summed E-state index contributed by atoms with van der Waals surface area (Å²) in [6, 6.07) is -1.58. The van der Waals surface area contributed by atoms with E-state index in [2.05, 4.69) is 0 Å². The van der Waals surface area contributed by atoms with Crippen molar-refractivity contribution in [3.8, 4) is 0 Å². The number of carbonyl (C=O) groups is 1. The Kier molecular flexibility index (Phi) is 3.47. The molecule has 10 heteroatoms. The number of ether oxygens (including phenoxy) is 2. The van der Waals surface area contributed by atoms with Gasteiger partial charge in [0.25, 0.3) is 0 Å². The molecule has 0 aromatic rings. The lowest BCUT2D eigenvalue weighted by Crippen LogP contribution is -2.67. The molecule has 0 unspecified atom stereocenters. The number of fused-ring (bicyclic) bond motifs is 2. The molecule has 0 saturated carbocycles. The molecule has 5 atom stereocenters. The predicted molar refractivity (Wildman–Crippen MR) is 50.6 cm³/mol. The van der Waals surface area contributed by atoms with E-state index < -0.39 is 48.8 Å². The molecule has 0 radical (unpaired) electrons. The highest BCUT2D eigenvalue weighted by atomic mass is 19.4. The average molecular weight is 287 g/mol. The Hall–Kier alpha value is -0.940. The molecule has 2 rings (SSSR count). The molecular formula is C9H12F3NO6. The average Bonchev–Trinajstić information content (AvgIpc) is 2.74.